The van der Waals surface area contributed by atoms with E-state index in [9.17, 15) is 0 Å². The molecule has 3 nitrogen and oxygen atoms in total. The molecule has 0 saturated carbocycles. The molecule has 0 aliphatic rings. The van der Waals surface area contributed by atoms with Crippen molar-refractivity contribution in [2.24, 2.45) is 0 Å². The lowest BCUT2D eigenvalue weighted by Crippen LogP contribution is -2.36. The Hall–Kier alpha value is -1.06. The second-order valence-corrected chi connectivity index (χ2v) is 4.69. The second-order valence-electron chi connectivity index (χ2n) is 4.69. The molecule has 0 radical (unpaired) electrons. The van der Waals surface area contributed by atoms with Crippen LogP contribution in [0.3, 0.4) is 0 Å². The molecule has 0 spiro atoms. The first-order chi connectivity index (χ1) is 8.63. The predicted molar refractivity (Wildman–Crippen MR) is 78.3 cm³/mol. The molecule has 0 heterocycles. The predicted octanol–water partition coefficient (Wildman–Crippen LogP) is 2.83. The van der Waals surface area contributed by atoms with Crippen molar-refractivity contribution < 1.29 is 4.74 Å². The highest BCUT2D eigenvalue weighted by atomic mass is 16.5. The van der Waals surface area contributed by atoms with Gasteiger partial charge in [-0.1, -0.05) is 12.1 Å². The lowest BCUT2D eigenvalue weighted by Gasteiger charge is -2.30. The number of nitrogens with zero attached hydrogens (tertiary/aromatic N) is 1. The van der Waals surface area contributed by atoms with Crippen LogP contribution in [0.15, 0.2) is 24.3 Å². The molecule has 1 aromatic carbocycles. The van der Waals surface area contributed by atoms with Crippen molar-refractivity contribution in [2.75, 3.05) is 32.2 Å². The molecule has 0 bridgehead atoms. The summed E-state index contributed by atoms with van der Waals surface area (Å²) in [6.45, 7) is 8.28. The smallest absolute Gasteiger partial charge is 0.0663 e. The fraction of sp³-hybridized carbons (Fsp3) is 0.600. The maximum atomic E-state index is 5.24. The number of anilines is 1. The summed E-state index contributed by atoms with van der Waals surface area (Å²) in [5, 5.41) is 3.25. The largest absolute Gasteiger partial charge is 0.383 e. The van der Waals surface area contributed by atoms with Crippen LogP contribution in [0.2, 0.25) is 0 Å². The lowest BCUT2D eigenvalue weighted by molar-refractivity contribution is 0.182. The lowest BCUT2D eigenvalue weighted by atomic mass is 10.1. The van der Waals surface area contributed by atoms with Crippen LogP contribution in [0.1, 0.15) is 32.4 Å². The normalized spacial score (nSPS) is 14.3. The quantitative estimate of drug-likeness (QED) is 0.805. The van der Waals surface area contributed by atoms with Gasteiger partial charge in [0.05, 0.1) is 6.61 Å². The fourth-order valence-electron chi connectivity index (χ4n) is 2.20. The minimum atomic E-state index is 0.394. The first-order valence-electron chi connectivity index (χ1n) is 6.66. The minimum Gasteiger partial charge on any atom is -0.383 e. The average Bonchev–Trinajstić information content (AvgIpc) is 2.40. The molecule has 1 aromatic rings. The van der Waals surface area contributed by atoms with E-state index in [0.717, 1.165) is 13.2 Å². The third-order valence-electron chi connectivity index (χ3n) is 3.44. The van der Waals surface area contributed by atoms with Gasteiger partial charge in [-0.3, -0.25) is 0 Å². The van der Waals surface area contributed by atoms with Gasteiger partial charge in [-0.05, 0) is 45.5 Å². The van der Waals surface area contributed by atoms with Gasteiger partial charge >= 0.3 is 0 Å². The highest BCUT2D eigenvalue weighted by Gasteiger charge is 2.12. The van der Waals surface area contributed by atoms with Crippen molar-refractivity contribution >= 4 is 5.69 Å². The summed E-state index contributed by atoms with van der Waals surface area (Å²) in [7, 11) is 3.74. The second kappa shape index (κ2) is 7.39. The molecular weight excluding hydrogens is 224 g/mol. The Kier molecular flexibility index (Phi) is 6.16. The maximum Gasteiger partial charge on any atom is 0.0663 e. The Morgan fingerprint density at radius 1 is 1.22 bits per heavy atom. The monoisotopic (exact) mass is 250 g/mol. The van der Waals surface area contributed by atoms with Crippen LogP contribution in [0.25, 0.3) is 0 Å². The summed E-state index contributed by atoms with van der Waals surface area (Å²) in [6.07, 6.45) is 0. The van der Waals surface area contributed by atoms with Crippen molar-refractivity contribution in [3.05, 3.63) is 29.8 Å². The zero-order valence-corrected chi connectivity index (χ0v) is 12.2. The van der Waals surface area contributed by atoms with Crippen LogP contribution >= 0.6 is 0 Å². The Balaban J connectivity index is 2.81. The number of benzene rings is 1. The summed E-state index contributed by atoms with van der Waals surface area (Å²) in [6, 6.07) is 9.56. The van der Waals surface area contributed by atoms with Crippen LogP contribution in [-0.2, 0) is 4.74 Å². The van der Waals surface area contributed by atoms with Crippen molar-refractivity contribution in [1.29, 1.82) is 0 Å². The molecule has 102 valence electrons. The van der Waals surface area contributed by atoms with Gasteiger partial charge in [0.1, 0.15) is 0 Å². The van der Waals surface area contributed by atoms with E-state index >= 15 is 0 Å². The summed E-state index contributed by atoms with van der Waals surface area (Å²) in [4.78, 5) is 2.36. The van der Waals surface area contributed by atoms with Crippen molar-refractivity contribution in [1.82, 2.24) is 5.32 Å². The molecule has 2 unspecified atom stereocenters. The van der Waals surface area contributed by atoms with Gasteiger partial charge < -0.3 is 15.0 Å². The van der Waals surface area contributed by atoms with Gasteiger partial charge in [-0.15, -0.1) is 0 Å². The molecule has 0 fully saturated rings. The number of hydrogen-bond acceptors (Lipinski definition) is 3. The highest BCUT2D eigenvalue weighted by molar-refractivity contribution is 5.48. The van der Waals surface area contributed by atoms with Gasteiger partial charge in [0.15, 0.2) is 0 Å². The molecule has 3 heteroatoms. The standard InChI is InChI=1S/C15H26N2O/c1-6-17(12(2)11-18-5)15-9-7-14(8-10-15)13(3)16-4/h7-10,12-13,16H,6,11H2,1-5H3. The summed E-state index contributed by atoms with van der Waals surface area (Å²) in [5.41, 5.74) is 2.57. The highest BCUT2D eigenvalue weighted by Crippen LogP contribution is 2.20. The third-order valence-corrected chi connectivity index (χ3v) is 3.44. The molecule has 0 aliphatic heterocycles. The van der Waals surface area contributed by atoms with E-state index in [1.807, 2.05) is 7.05 Å². The Labute approximate surface area is 111 Å². The van der Waals surface area contributed by atoms with E-state index in [2.05, 4.69) is 55.3 Å². The van der Waals surface area contributed by atoms with Crippen LogP contribution < -0.4 is 10.2 Å². The molecule has 18 heavy (non-hydrogen) atoms. The molecule has 0 amide bonds. The minimum absolute atomic E-state index is 0.394. The number of likely N-dealkylation sites (N-methyl/N-ethyl adjacent to an activating group) is 1. The van der Waals surface area contributed by atoms with Crippen LogP contribution in [0.4, 0.5) is 5.69 Å². The number of rotatable bonds is 7. The topological polar surface area (TPSA) is 24.5 Å². The van der Waals surface area contributed by atoms with E-state index in [4.69, 9.17) is 4.74 Å². The van der Waals surface area contributed by atoms with E-state index < -0.39 is 0 Å². The Bertz CT molecular complexity index is 337. The molecule has 0 aliphatic carbocycles. The van der Waals surface area contributed by atoms with Gasteiger partial charge in [0, 0.05) is 31.4 Å². The molecule has 1 N–H and O–H groups in total. The third kappa shape index (κ3) is 3.72. The molecule has 0 saturated heterocycles. The maximum absolute atomic E-state index is 5.24. The van der Waals surface area contributed by atoms with E-state index in [-0.39, 0.29) is 0 Å². The first kappa shape index (κ1) is 15.0. The van der Waals surface area contributed by atoms with Crippen molar-refractivity contribution in [3.8, 4) is 0 Å². The molecular formula is C15H26N2O. The Morgan fingerprint density at radius 3 is 2.28 bits per heavy atom. The molecule has 1 rings (SSSR count). The fourth-order valence-corrected chi connectivity index (χ4v) is 2.20. The van der Waals surface area contributed by atoms with Crippen molar-refractivity contribution in [2.45, 2.75) is 32.9 Å². The summed E-state index contributed by atoms with van der Waals surface area (Å²) >= 11 is 0. The Morgan fingerprint density at radius 2 is 1.83 bits per heavy atom. The first-order valence-corrected chi connectivity index (χ1v) is 6.66. The number of hydrogen-bond donors (Lipinski definition) is 1. The van der Waals surface area contributed by atoms with Crippen LogP contribution in [0, 0.1) is 0 Å². The van der Waals surface area contributed by atoms with E-state index in [1.165, 1.54) is 11.3 Å². The molecule has 0 aromatic heterocycles. The zero-order valence-electron chi connectivity index (χ0n) is 12.2. The molecule has 2 atom stereocenters. The van der Waals surface area contributed by atoms with E-state index in [0.29, 0.717) is 12.1 Å². The van der Waals surface area contributed by atoms with Crippen molar-refractivity contribution in [3.63, 3.8) is 0 Å². The summed E-state index contributed by atoms with van der Waals surface area (Å²) in [5.74, 6) is 0. The number of nitrogens with one attached hydrogen (secondary N) is 1. The average molecular weight is 250 g/mol. The number of ether oxygens (including phenoxy) is 1. The van der Waals surface area contributed by atoms with Gasteiger partial charge in [-0.25, -0.2) is 0 Å². The van der Waals surface area contributed by atoms with Gasteiger partial charge in [0.25, 0.3) is 0 Å². The zero-order chi connectivity index (χ0) is 13.5. The van der Waals surface area contributed by atoms with Crippen LogP contribution in [0.5, 0.6) is 0 Å². The SMILES string of the molecule is CCN(c1ccc(C(C)NC)cc1)C(C)COC. The number of methoxy groups -OCH3 is 1. The van der Waals surface area contributed by atoms with E-state index in [1.54, 1.807) is 7.11 Å². The summed E-state index contributed by atoms with van der Waals surface area (Å²) < 4.78 is 5.24. The van der Waals surface area contributed by atoms with Crippen LogP contribution in [-0.4, -0.2) is 33.4 Å². The van der Waals surface area contributed by atoms with Gasteiger partial charge in [0.2, 0.25) is 0 Å². The van der Waals surface area contributed by atoms with Gasteiger partial charge in [-0.2, -0.15) is 0 Å².